The fraction of sp³-hybridized carbons (Fsp3) is 0.421. The average molecular weight is 351 g/mol. The smallest absolute Gasteiger partial charge is 0.145 e. The second-order valence-corrected chi connectivity index (χ2v) is 6.95. The van der Waals surface area contributed by atoms with Crippen LogP contribution < -0.4 is 4.74 Å². The standard InChI is InChI=1S/C19H21N5O2/c1-25-18-4-2-3-13-5-6-14(21-19(13)18)10-23-8-7-17-16(11-23)24-15(12-26-17)9-20-22-24/h2-6,9,16-17H,7-8,10-12H2,1H3/t16-,17-/m0/s1. The first-order chi connectivity index (χ1) is 12.8. The number of nitrogens with zero attached hydrogens (tertiary/aromatic N) is 5. The molecule has 134 valence electrons. The van der Waals surface area contributed by atoms with Gasteiger partial charge in [-0.1, -0.05) is 23.4 Å². The van der Waals surface area contributed by atoms with Gasteiger partial charge in [0.05, 0.1) is 43.4 Å². The Kier molecular flexibility index (Phi) is 3.83. The van der Waals surface area contributed by atoms with Gasteiger partial charge in [0.15, 0.2) is 0 Å². The van der Waals surface area contributed by atoms with Crippen LogP contribution in [0.25, 0.3) is 10.9 Å². The second kappa shape index (κ2) is 6.34. The van der Waals surface area contributed by atoms with E-state index in [9.17, 15) is 0 Å². The topological polar surface area (TPSA) is 65.3 Å². The third kappa shape index (κ3) is 2.64. The Balaban J connectivity index is 1.38. The molecule has 0 bridgehead atoms. The number of piperidine rings is 1. The number of hydrogen-bond donors (Lipinski definition) is 0. The lowest BCUT2D eigenvalue weighted by Gasteiger charge is -2.40. The highest BCUT2D eigenvalue weighted by Crippen LogP contribution is 2.31. The molecule has 1 fully saturated rings. The summed E-state index contributed by atoms with van der Waals surface area (Å²) in [5.74, 6) is 0.816. The molecule has 0 N–H and O–H groups in total. The fourth-order valence-corrected chi connectivity index (χ4v) is 4.03. The van der Waals surface area contributed by atoms with E-state index >= 15 is 0 Å². The van der Waals surface area contributed by atoms with Gasteiger partial charge >= 0.3 is 0 Å². The summed E-state index contributed by atoms with van der Waals surface area (Å²) in [7, 11) is 1.69. The summed E-state index contributed by atoms with van der Waals surface area (Å²) in [4.78, 5) is 7.27. The third-order valence-electron chi connectivity index (χ3n) is 5.36. The first-order valence-electron chi connectivity index (χ1n) is 8.97. The van der Waals surface area contributed by atoms with E-state index in [0.29, 0.717) is 6.61 Å². The predicted octanol–water partition coefficient (Wildman–Crippen LogP) is 2.18. The van der Waals surface area contributed by atoms with Gasteiger partial charge in [-0.3, -0.25) is 4.90 Å². The van der Waals surface area contributed by atoms with E-state index in [1.54, 1.807) is 13.3 Å². The van der Waals surface area contributed by atoms with Crippen molar-refractivity contribution in [1.82, 2.24) is 24.9 Å². The van der Waals surface area contributed by atoms with Crippen molar-refractivity contribution in [2.45, 2.75) is 31.7 Å². The number of methoxy groups -OCH3 is 1. The Labute approximate surface area is 151 Å². The quantitative estimate of drug-likeness (QED) is 0.721. The third-order valence-corrected chi connectivity index (χ3v) is 5.36. The van der Waals surface area contributed by atoms with Crippen LogP contribution in [0, 0.1) is 0 Å². The maximum Gasteiger partial charge on any atom is 0.145 e. The van der Waals surface area contributed by atoms with Crippen molar-refractivity contribution in [1.29, 1.82) is 0 Å². The molecule has 7 heteroatoms. The van der Waals surface area contributed by atoms with Gasteiger partial charge in [-0.05, 0) is 18.6 Å². The van der Waals surface area contributed by atoms with E-state index < -0.39 is 0 Å². The van der Waals surface area contributed by atoms with Gasteiger partial charge in [0, 0.05) is 25.0 Å². The summed E-state index contributed by atoms with van der Waals surface area (Å²) in [6.45, 7) is 3.31. The summed E-state index contributed by atoms with van der Waals surface area (Å²) in [6.07, 6.45) is 3.03. The minimum atomic E-state index is 0.227. The molecule has 2 aliphatic rings. The molecule has 0 spiro atoms. The molecule has 4 heterocycles. The molecule has 1 saturated heterocycles. The zero-order valence-corrected chi connectivity index (χ0v) is 14.7. The molecule has 3 aromatic rings. The lowest BCUT2D eigenvalue weighted by molar-refractivity contribution is -0.0671. The number of aromatic nitrogens is 4. The Morgan fingerprint density at radius 1 is 1.27 bits per heavy atom. The molecule has 0 radical (unpaired) electrons. The van der Waals surface area contributed by atoms with Crippen molar-refractivity contribution in [2.24, 2.45) is 0 Å². The van der Waals surface area contributed by atoms with E-state index in [-0.39, 0.29) is 12.1 Å². The fourth-order valence-electron chi connectivity index (χ4n) is 4.03. The summed E-state index contributed by atoms with van der Waals surface area (Å²) in [6, 6.07) is 10.5. The summed E-state index contributed by atoms with van der Waals surface area (Å²) < 4.78 is 13.5. The van der Waals surface area contributed by atoms with Gasteiger partial charge in [-0.25, -0.2) is 9.67 Å². The molecule has 0 unspecified atom stereocenters. The molecule has 26 heavy (non-hydrogen) atoms. The van der Waals surface area contributed by atoms with Crippen LogP contribution >= 0.6 is 0 Å². The number of fused-ring (bicyclic) bond motifs is 4. The van der Waals surface area contributed by atoms with E-state index in [4.69, 9.17) is 14.5 Å². The molecule has 5 rings (SSSR count). The van der Waals surface area contributed by atoms with Gasteiger partial charge in [0.2, 0.25) is 0 Å². The SMILES string of the molecule is COc1cccc2ccc(CN3CC[C@@H]4OCc5cnnn5[C@H]4C3)nc12. The highest BCUT2D eigenvalue weighted by atomic mass is 16.5. The summed E-state index contributed by atoms with van der Waals surface area (Å²) in [5.41, 5.74) is 3.03. The van der Waals surface area contributed by atoms with Crippen molar-refractivity contribution in [3.8, 4) is 5.75 Å². The van der Waals surface area contributed by atoms with Crippen LogP contribution in [0.15, 0.2) is 36.5 Å². The first kappa shape index (κ1) is 15.7. The van der Waals surface area contributed by atoms with Crippen LogP contribution in [0.4, 0.5) is 0 Å². The first-order valence-corrected chi connectivity index (χ1v) is 8.97. The van der Waals surface area contributed by atoms with Gasteiger partial charge < -0.3 is 9.47 Å². The van der Waals surface area contributed by atoms with E-state index in [2.05, 4.69) is 33.4 Å². The Morgan fingerprint density at radius 2 is 2.23 bits per heavy atom. The van der Waals surface area contributed by atoms with Gasteiger partial charge in [-0.2, -0.15) is 0 Å². The highest BCUT2D eigenvalue weighted by Gasteiger charge is 2.36. The molecular formula is C19H21N5O2. The van der Waals surface area contributed by atoms with Crippen molar-refractivity contribution in [3.63, 3.8) is 0 Å². The number of hydrogen-bond acceptors (Lipinski definition) is 6. The summed E-state index contributed by atoms with van der Waals surface area (Å²) >= 11 is 0. The monoisotopic (exact) mass is 351 g/mol. The van der Waals surface area contributed by atoms with Gasteiger partial charge in [0.25, 0.3) is 0 Å². The molecule has 1 aromatic carbocycles. The number of benzene rings is 1. The number of para-hydroxylation sites is 1. The molecule has 0 saturated carbocycles. The molecule has 2 atom stereocenters. The summed E-state index contributed by atoms with van der Waals surface area (Å²) in [5, 5.41) is 9.42. The number of ether oxygens (including phenoxy) is 2. The molecule has 2 aliphatic heterocycles. The van der Waals surface area contributed by atoms with E-state index in [1.165, 1.54) is 0 Å². The van der Waals surface area contributed by atoms with E-state index in [0.717, 1.165) is 54.1 Å². The van der Waals surface area contributed by atoms with Crippen LogP contribution in [0.5, 0.6) is 5.75 Å². The van der Waals surface area contributed by atoms with Crippen LogP contribution in [0.1, 0.15) is 23.9 Å². The maximum atomic E-state index is 5.99. The van der Waals surface area contributed by atoms with Crippen LogP contribution in [-0.4, -0.2) is 51.2 Å². The largest absolute Gasteiger partial charge is 0.494 e. The highest BCUT2D eigenvalue weighted by molar-refractivity contribution is 5.84. The van der Waals surface area contributed by atoms with Crippen molar-refractivity contribution in [2.75, 3.05) is 20.2 Å². The lowest BCUT2D eigenvalue weighted by atomic mass is 10.00. The molecule has 0 amide bonds. The Hall–Kier alpha value is -2.51. The molecule has 2 aromatic heterocycles. The van der Waals surface area contributed by atoms with Gasteiger partial charge in [-0.15, -0.1) is 5.10 Å². The van der Waals surface area contributed by atoms with Crippen molar-refractivity contribution < 1.29 is 9.47 Å². The minimum absolute atomic E-state index is 0.227. The maximum absolute atomic E-state index is 5.99. The second-order valence-electron chi connectivity index (χ2n) is 6.95. The van der Waals surface area contributed by atoms with Crippen LogP contribution in [0.3, 0.4) is 0 Å². The van der Waals surface area contributed by atoms with Gasteiger partial charge in [0.1, 0.15) is 11.3 Å². The van der Waals surface area contributed by atoms with E-state index in [1.807, 2.05) is 16.8 Å². The molecule has 0 aliphatic carbocycles. The molecular weight excluding hydrogens is 330 g/mol. The predicted molar refractivity (Wildman–Crippen MR) is 95.8 cm³/mol. The zero-order valence-electron chi connectivity index (χ0n) is 14.7. The normalized spacial score (nSPS) is 22.8. The van der Waals surface area contributed by atoms with Crippen molar-refractivity contribution in [3.05, 3.63) is 47.9 Å². The van der Waals surface area contributed by atoms with Crippen molar-refractivity contribution >= 4 is 10.9 Å². The number of rotatable bonds is 3. The zero-order chi connectivity index (χ0) is 17.5. The number of pyridine rings is 1. The Bertz CT molecular complexity index is 941. The average Bonchev–Trinajstić information content (AvgIpc) is 3.17. The van der Waals surface area contributed by atoms with Crippen LogP contribution in [-0.2, 0) is 17.9 Å². The Morgan fingerprint density at radius 3 is 3.15 bits per heavy atom. The number of likely N-dealkylation sites (tertiary alicyclic amines) is 1. The minimum Gasteiger partial charge on any atom is -0.494 e. The van der Waals surface area contributed by atoms with Crippen LogP contribution in [0.2, 0.25) is 0 Å². The molecule has 7 nitrogen and oxygen atoms in total. The lowest BCUT2D eigenvalue weighted by Crippen LogP contribution is -2.47.